The maximum atomic E-state index is 2.33. The van der Waals surface area contributed by atoms with E-state index in [1.54, 1.807) is 0 Å². The summed E-state index contributed by atoms with van der Waals surface area (Å²) in [6.07, 6.45) is 0. The van der Waals surface area contributed by atoms with Crippen LogP contribution in [0.15, 0.2) is 115 Å². The summed E-state index contributed by atoms with van der Waals surface area (Å²) in [4.78, 5) is 0. The molecule has 0 spiro atoms. The van der Waals surface area contributed by atoms with E-state index in [0.29, 0.717) is 0 Å². The van der Waals surface area contributed by atoms with Crippen LogP contribution in [-0.4, -0.2) is 0 Å². The highest BCUT2D eigenvalue weighted by Gasteiger charge is 2.23. The van der Waals surface area contributed by atoms with Crippen molar-refractivity contribution in [3.05, 3.63) is 126 Å². The lowest BCUT2D eigenvalue weighted by Gasteiger charge is -2.27. The normalized spacial score (nSPS) is 11.1. The first-order valence-electron chi connectivity index (χ1n) is 9.72. The molecule has 0 radical (unpaired) electrons. The van der Waals surface area contributed by atoms with E-state index in [2.05, 4.69) is 129 Å². The maximum absolute atomic E-state index is 2.33. The zero-order chi connectivity index (χ0) is 19.4. The van der Waals surface area contributed by atoms with Gasteiger partial charge in [0.05, 0.1) is 0 Å². The van der Waals surface area contributed by atoms with Gasteiger partial charge in [-0.3, -0.25) is 0 Å². The predicted molar refractivity (Wildman–Crippen MR) is 131 cm³/mol. The summed E-state index contributed by atoms with van der Waals surface area (Å²) >= 11 is 0. The molecule has 0 amide bonds. The summed E-state index contributed by atoms with van der Waals surface area (Å²) in [7, 11) is -0.548. The highest BCUT2D eigenvalue weighted by Crippen LogP contribution is 2.35. The van der Waals surface area contributed by atoms with Crippen molar-refractivity contribution in [2.24, 2.45) is 0 Å². The average molecular weight is 417 g/mol. The zero-order valence-corrected chi connectivity index (χ0v) is 18.5. The molecular weight excluding hydrogens is 391 g/mol. The molecule has 0 saturated heterocycles. The van der Waals surface area contributed by atoms with Gasteiger partial charge in [0.2, 0.25) is 0 Å². The fourth-order valence-electron chi connectivity index (χ4n) is 3.65. The molecule has 0 aliphatic rings. The van der Waals surface area contributed by atoms with Crippen LogP contribution in [0.25, 0.3) is 0 Å². The topological polar surface area (TPSA) is 0 Å². The monoisotopic (exact) mass is 416 g/mol. The molecule has 29 heavy (non-hydrogen) atoms. The van der Waals surface area contributed by atoms with E-state index >= 15 is 0 Å². The van der Waals surface area contributed by atoms with Gasteiger partial charge in [-0.05, 0) is 35.0 Å². The largest absolute Gasteiger partial charge is 0.147 e. The van der Waals surface area contributed by atoms with E-state index in [9.17, 15) is 0 Å². The Bertz CT molecular complexity index is 971. The number of benzene rings is 4. The van der Waals surface area contributed by atoms with E-state index < -0.39 is 7.92 Å². The van der Waals surface area contributed by atoms with Crippen molar-refractivity contribution in [1.29, 1.82) is 0 Å². The van der Waals surface area contributed by atoms with Gasteiger partial charge in [0.25, 0.3) is 0 Å². The van der Waals surface area contributed by atoms with Gasteiger partial charge in [0.1, 0.15) is 0 Å². The third kappa shape index (κ3) is 4.61. The van der Waals surface area contributed by atoms with Crippen LogP contribution in [0.4, 0.5) is 0 Å². The van der Waals surface area contributed by atoms with E-state index in [1.165, 1.54) is 27.0 Å². The van der Waals surface area contributed by atoms with Gasteiger partial charge in [0, 0.05) is 5.41 Å². The van der Waals surface area contributed by atoms with Gasteiger partial charge >= 0.3 is 0 Å². The fourth-order valence-corrected chi connectivity index (χ4v) is 5.93. The Labute approximate surface area is 181 Å². The fraction of sp³-hybridized carbons (Fsp3) is 0.111. The molecule has 0 aromatic heterocycles. The lowest BCUT2D eigenvalue weighted by atomic mass is 9.78. The second-order valence-electron chi connectivity index (χ2n) is 7.54. The highest BCUT2D eigenvalue weighted by molar-refractivity contribution is 7.79. The first-order valence-corrected chi connectivity index (χ1v) is 11.1. The van der Waals surface area contributed by atoms with Gasteiger partial charge in [-0.2, -0.15) is 0 Å². The molecule has 0 heterocycles. The molecule has 4 rings (SSSR count). The van der Waals surface area contributed by atoms with E-state index in [0.717, 1.165) is 0 Å². The van der Waals surface area contributed by atoms with Crippen LogP contribution in [0.5, 0.6) is 0 Å². The molecule has 0 fully saturated rings. The molecule has 4 aromatic rings. The van der Waals surface area contributed by atoms with Crippen molar-refractivity contribution in [1.82, 2.24) is 0 Å². The Kier molecular flexibility index (Phi) is 6.91. The minimum absolute atomic E-state index is 0. The minimum atomic E-state index is -0.548. The minimum Gasteiger partial charge on any atom is -0.147 e. The molecule has 146 valence electrons. The lowest BCUT2D eigenvalue weighted by Crippen LogP contribution is -2.22. The molecule has 0 aliphatic carbocycles. The lowest BCUT2D eigenvalue weighted by molar-refractivity contribution is 0.641. The molecule has 0 saturated carbocycles. The summed E-state index contributed by atoms with van der Waals surface area (Å²) in [5.41, 5.74) is 2.68. The molecule has 0 bridgehead atoms. The van der Waals surface area contributed by atoms with Crippen LogP contribution in [0.2, 0.25) is 0 Å². The molecule has 0 unspecified atom stereocenters. The Morgan fingerprint density at radius 1 is 0.448 bits per heavy atom. The summed E-state index contributed by atoms with van der Waals surface area (Å²) < 4.78 is 0. The van der Waals surface area contributed by atoms with Crippen LogP contribution in [0, 0.1) is 0 Å². The summed E-state index contributed by atoms with van der Waals surface area (Å²) in [5, 5.41) is 4.16. The number of hydrogen-bond donors (Lipinski definition) is 0. The third-order valence-corrected chi connectivity index (χ3v) is 7.82. The number of halogens is 1. The molecule has 0 aliphatic heterocycles. The second kappa shape index (κ2) is 9.40. The number of rotatable bonds is 5. The van der Waals surface area contributed by atoms with Gasteiger partial charge in [-0.1, -0.05) is 129 Å². The molecular formula is C27H26ClP. The van der Waals surface area contributed by atoms with Crippen molar-refractivity contribution >= 4 is 36.2 Å². The van der Waals surface area contributed by atoms with Crippen molar-refractivity contribution < 1.29 is 0 Å². The van der Waals surface area contributed by atoms with Gasteiger partial charge < -0.3 is 0 Å². The molecule has 0 nitrogen and oxygen atoms in total. The standard InChI is InChI=1S/C27H25P.ClH/c1-27(2,22-12-6-3-7-13-22)23-18-20-26(21-19-23)28(24-14-8-4-9-15-24)25-16-10-5-11-17-25;/h3-21H,1-2H3;1H. The first kappa shape index (κ1) is 21.3. The van der Waals surface area contributed by atoms with Crippen LogP contribution in [-0.2, 0) is 5.41 Å². The van der Waals surface area contributed by atoms with Gasteiger partial charge in [0.15, 0.2) is 0 Å². The summed E-state index contributed by atoms with van der Waals surface area (Å²) in [6.45, 7) is 4.60. The van der Waals surface area contributed by atoms with Gasteiger partial charge in [-0.25, -0.2) is 0 Å². The zero-order valence-electron chi connectivity index (χ0n) is 16.8. The second-order valence-corrected chi connectivity index (χ2v) is 9.76. The van der Waals surface area contributed by atoms with Crippen LogP contribution >= 0.6 is 20.3 Å². The highest BCUT2D eigenvalue weighted by atomic mass is 35.5. The van der Waals surface area contributed by atoms with E-state index in [1.807, 2.05) is 0 Å². The maximum Gasteiger partial charge on any atom is 0.0146 e. The average Bonchev–Trinajstić information content (AvgIpc) is 2.76. The molecule has 2 heteroatoms. The van der Waals surface area contributed by atoms with E-state index in [4.69, 9.17) is 0 Å². The molecule has 4 aromatic carbocycles. The number of hydrogen-bond acceptors (Lipinski definition) is 0. The van der Waals surface area contributed by atoms with Crippen molar-refractivity contribution in [3.63, 3.8) is 0 Å². The quantitative estimate of drug-likeness (QED) is 0.340. The molecule has 0 atom stereocenters. The third-order valence-electron chi connectivity index (χ3n) is 5.37. The summed E-state index contributed by atoms with van der Waals surface area (Å²) in [6, 6.07) is 41.8. The Hall–Kier alpha value is -2.40. The smallest absolute Gasteiger partial charge is 0.0146 e. The predicted octanol–water partition coefficient (Wildman–Crippen LogP) is 6.19. The Morgan fingerprint density at radius 2 is 0.793 bits per heavy atom. The first-order chi connectivity index (χ1) is 13.7. The van der Waals surface area contributed by atoms with E-state index in [-0.39, 0.29) is 17.8 Å². The van der Waals surface area contributed by atoms with Crippen molar-refractivity contribution in [3.8, 4) is 0 Å². The van der Waals surface area contributed by atoms with Crippen molar-refractivity contribution in [2.75, 3.05) is 0 Å². The summed E-state index contributed by atoms with van der Waals surface area (Å²) in [5.74, 6) is 0. The SMILES string of the molecule is CC(C)(c1ccccc1)c1ccc(P(c2ccccc2)c2ccccc2)cc1.Cl. The Morgan fingerprint density at radius 3 is 1.24 bits per heavy atom. The van der Waals surface area contributed by atoms with Crippen LogP contribution in [0.1, 0.15) is 25.0 Å². The Balaban J connectivity index is 0.00000240. The van der Waals surface area contributed by atoms with Gasteiger partial charge in [-0.15, -0.1) is 12.4 Å². The van der Waals surface area contributed by atoms with Crippen LogP contribution in [0.3, 0.4) is 0 Å². The van der Waals surface area contributed by atoms with Crippen molar-refractivity contribution in [2.45, 2.75) is 19.3 Å². The van der Waals surface area contributed by atoms with Crippen LogP contribution < -0.4 is 15.9 Å². The molecule has 0 N–H and O–H groups in total.